The van der Waals surface area contributed by atoms with Crippen molar-refractivity contribution >= 4 is 36.6 Å². The summed E-state index contributed by atoms with van der Waals surface area (Å²) in [7, 11) is 1.66. The Hall–Kier alpha value is -1.31. The van der Waals surface area contributed by atoms with Crippen LogP contribution in [0.5, 0.6) is 0 Å². The Bertz CT molecular complexity index is 476. The second-order valence-corrected chi connectivity index (χ2v) is 5.34. The first-order valence-corrected chi connectivity index (χ1v) is 7.32. The maximum Gasteiger partial charge on any atom is 0.247 e. The number of halogens is 2. The lowest BCUT2D eigenvalue weighted by atomic mass is 10.3. The van der Waals surface area contributed by atoms with Crippen LogP contribution in [0.25, 0.3) is 0 Å². The zero-order valence-corrected chi connectivity index (χ0v) is 15.1. The predicted octanol–water partition coefficient (Wildman–Crippen LogP) is 0.568. The van der Waals surface area contributed by atoms with Gasteiger partial charge in [-0.2, -0.15) is 5.10 Å². The van der Waals surface area contributed by atoms with E-state index in [4.69, 9.17) is 0 Å². The van der Waals surface area contributed by atoms with Crippen LogP contribution in [0.15, 0.2) is 18.5 Å². The van der Waals surface area contributed by atoms with Gasteiger partial charge < -0.3 is 15.1 Å². The van der Waals surface area contributed by atoms with E-state index in [0.29, 0.717) is 6.54 Å². The summed E-state index contributed by atoms with van der Waals surface area (Å²) in [5, 5.41) is 7.33. The van der Waals surface area contributed by atoms with Crippen molar-refractivity contribution in [2.75, 3.05) is 39.8 Å². The molecular weight excluding hydrogens is 341 g/mol. The number of nitrogens with one attached hydrogen (secondary N) is 1. The molecule has 7 nitrogen and oxygen atoms in total. The molecule has 1 unspecified atom stereocenters. The number of carbonyl (C=O) groups is 2. The zero-order valence-electron chi connectivity index (χ0n) is 13.5. The van der Waals surface area contributed by atoms with Crippen LogP contribution in [0.3, 0.4) is 0 Å². The van der Waals surface area contributed by atoms with Crippen molar-refractivity contribution in [2.24, 2.45) is 0 Å². The molecule has 1 aromatic heterocycles. The van der Waals surface area contributed by atoms with E-state index < -0.39 is 6.04 Å². The first kappa shape index (κ1) is 21.7. The number of hydrogen-bond donors (Lipinski definition) is 1. The molecule has 23 heavy (non-hydrogen) atoms. The van der Waals surface area contributed by atoms with E-state index in [-0.39, 0.29) is 43.2 Å². The van der Waals surface area contributed by atoms with Gasteiger partial charge in [-0.25, -0.2) is 0 Å². The standard InChI is InChI=1S/C14H23N5O2.2ClH/c1-12(19-9-4-6-16-19)14(21)17(2)11-13(20)18-8-3-5-15-7-10-18;;/h4,6,9,12,15H,3,5,7-8,10-11H2,1-2H3;2*1H. The van der Waals surface area contributed by atoms with Crippen molar-refractivity contribution in [2.45, 2.75) is 19.4 Å². The number of hydrogen-bond acceptors (Lipinski definition) is 4. The third-order valence-corrected chi connectivity index (χ3v) is 3.72. The smallest absolute Gasteiger partial charge is 0.247 e. The average Bonchev–Trinajstić information content (AvgIpc) is 2.87. The molecule has 0 saturated carbocycles. The molecule has 132 valence electrons. The van der Waals surface area contributed by atoms with Gasteiger partial charge in [-0.05, 0) is 26.0 Å². The topological polar surface area (TPSA) is 70.5 Å². The van der Waals surface area contributed by atoms with Crippen LogP contribution in [0, 0.1) is 0 Å². The highest BCUT2D eigenvalue weighted by Crippen LogP contribution is 2.08. The first-order chi connectivity index (χ1) is 10.1. The fourth-order valence-electron chi connectivity index (χ4n) is 2.42. The minimum absolute atomic E-state index is 0. The largest absolute Gasteiger partial charge is 0.340 e. The Morgan fingerprint density at radius 2 is 2.04 bits per heavy atom. The Morgan fingerprint density at radius 3 is 2.70 bits per heavy atom. The summed E-state index contributed by atoms with van der Waals surface area (Å²) in [4.78, 5) is 27.9. The van der Waals surface area contributed by atoms with Gasteiger partial charge in [0.2, 0.25) is 11.8 Å². The van der Waals surface area contributed by atoms with Gasteiger partial charge >= 0.3 is 0 Å². The molecule has 2 rings (SSSR count). The summed E-state index contributed by atoms with van der Waals surface area (Å²) < 4.78 is 1.60. The molecule has 0 radical (unpaired) electrons. The number of nitrogens with zero attached hydrogens (tertiary/aromatic N) is 4. The Labute approximate surface area is 149 Å². The van der Waals surface area contributed by atoms with Gasteiger partial charge in [-0.1, -0.05) is 0 Å². The quantitative estimate of drug-likeness (QED) is 0.846. The molecule has 1 aliphatic heterocycles. The lowest BCUT2D eigenvalue weighted by Gasteiger charge is -2.25. The molecule has 1 N–H and O–H groups in total. The number of aromatic nitrogens is 2. The Kier molecular flexibility index (Phi) is 9.87. The van der Waals surface area contributed by atoms with Crippen LogP contribution in [-0.2, 0) is 9.59 Å². The zero-order chi connectivity index (χ0) is 15.2. The minimum Gasteiger partial charge on any atom is -0.340 e. The molecule has 2 heterocycles. The summed E-state index contributed by atoms with van der Waals surface area (Å²) in [5.74, 6) is -0.109. The van der Waals surface area contributed by atoms with Gasteiger partial charge in [0.05, 0.1) is 6.54 Å². The van der Waals surface area contributed by atoms with Crippen LogP contribution in [0.2, 0.25) is 0 Å². The maximum absolute atomic E-state index is 12.3. The second kappa shape index (κ2) is 10.5. The van der Waals surface area contributed by atoms with Crippen molar-refractivity contribution in [3.8, 4) is 0 Å². The summed E-state index contributed by atoms with van der Waals surface area (Å²) in [6.45, 7) is 5.11. The van der Waals surface area contributed by atoms with E-state index in [1.165, 1.54) is 4.90 Å². The molecule has 1 fully saturated rings. The Morgan fingerprint density at radius 1 is 1.30 bits per heavy atom. The molecule has 0 aliphatic carbocycles. The third kappa shape index (κ3) is 6.01. The summed E-state index contributed by atoms with van der Waals surface area (Å²) in [6.07, 6.45) is 4.34. The van der Waals surface area contributed by atoms with Crippen LogP contribution in [-0.4, -0.2) is 71.2 Å². The minimum atomic E-state index is -0.399. The van der Waals surface area contributed by atoms with E-state index >= 15 is 0 Å². The molecule has 2 amide bonds. The normalized spacial score (nSPS) is 15.7. The second-order valence-electron chi connectivity index (χ2n) is 5.34. The van der Waals surface area contributed by atoms with E-state index in [0.717, 1.165) is 26.1 Å². The highest BCUT2D eigenvalue weighted by Gasteiger charge is 2.23. The van der Waals surface area contributed by atoms with Crippen LogP contribution in [0.4, 0.5) is 0 Å². The van der Waals surface area contributed by atoms with Crippen LogP contribution < -0.4 is 5.32 Å². The SMILES string of the molecule is CC(C(=O)N(C)CC(=O)N1CCCNCC1)n1cccn1.Cl.Cl. The summed E-state index contributed by atoms with van der Waals surface area (Å²) in [6, 6.07) is 1.38. The molecule has 9 heteroatoms. The van der Waals surface area contributed by atoms with Crippen molar-refractivity contribution in [1.82, 2.24) is 24.9 Å². The van der Waals surface area contributed by atoms with E-state index in [2.05, 4.69) is 10.4 Å². The van der Waals surface area contributed by atoms with Crippen molar-refractivity contribution in [3.63, 3.8) is 0 Å². The van der Waals surface area contributed by atoms with Crippen LogP contribution >= 0.6 is 24.8 Å². The van der Waals surface area contributed by atoms with Crippen molar-refractivity contribution in [1.29, 1.82) is 0 Å². The highest BCUT2D eigenvalue weighted by atomic mass is 35.5. The third-order valence-electron chi connectivity index (χ3n) is 3.72. The molecule has 1 saturated heterocycles. The molecule has 1 atom stereocenters. The van der Waals surface area contributed by atoms with Gasteiger partial charge in [-0.15, -0.1) is 24.8 Å². The highest BCUT2D eigenvalue weighted by molar-refractivity contribution is 5.86. The number of likely N-dealkylation sites (N-methyl/N-ethyl adjacent to an activating group) is 1. The Balaban J connectivity index is 0.00000242. The van der Waals surface area contributed by atoms with E-state index in [9.17, 15) is 9.59 Å². The lowest BCUT2D eigenvalue weighted by molar-refractivity contribution is -0.141. The molecule has 0 bridgehead atoms. The van der Waals surface area contributed by atoms with Crippen LogP contribution in [0.1, 0.15) is 19.4 Å². The van der Waals surface area contributed by atoms with E-state index in [1.807, 2.05) is 4.90 Å². The monoisotopic (exact) mass is 365 g/mol. The van der Waals surface area contributed by atoms with Gasteiger partial charge in [0.15, 0.2) is 0 Å². The molecular formula is C14H25Cl2N5O2. The fourth-order valence-corrected chi connectivity index (χ4v) is 2.42. The molecule has 1 aromatic rings. The first-order valence-electron chi connectivity index (χ1n) is 7.32. The summed E-state index contributed by atoms with van der Waals surface area (Å²) >= 11 is 0. The van der Waals surface area contributed by atoms with Gasteiger partial charge in [0.1, 0.15) is 6.04 Å². The number of amides is 2. The van der Waals surface area contributed by atoms with Gasteiger partial charge in [0.25, 0.3) is 0 Å². The maximum atomic E-state index is 12.3. The van der Waals surface area contributed by atoms with Gasteiger partial charge in [-0.3, -0.25) is 14.3 Å². The van der Waals surface area contributed by atoms with Crippen molar-refractivity contribution < 1.29 is 9.59 Å². The van der Waals surface area contributed by atoms with Gasteiger partial charge in [0, 0.05) is 39.1 Å². The van der Waals surface area contributed by atoms with E-state index in [1.54, 1.807) is 37.1 Å². The fraction of sp³-hybridized carbons (Fsp3) is 0.643. The van der Waals surface area contributed by atoms with Crippen molar-refractivity contribution in [3.05, 3.63) is 18.5 Å². The lowest BCUT2D eigenvalue weighted by Crippen LogP contribution is -2.44. The molecule has 1 aliphatic rings. The molecule has 0 aromatic carbocycles. The molecule has 0 spiro atoms. The number of rotatable bonds is 4. The average molecular weight is 366 g/mol. The summed E-state index contributed by atoms with van der Waals surface area (Å²) in [5.41, 5.74) is 0. The predicted molar refractivity (Wildman–Crippen MR) is 93.1 cm³/mol. The number of carbonyl (C=O) groups excluding carboxylic acids is 2.